The second-order valence-electron chi connectivity index (χ2n) is 10.1. The molecule has 0 aliphatic rings. The molecule has 1 heterocycles. The van der Waals surface area contributed by atoms with Crippen molar-refractivity contribution in [1.29, 1.82) is 0 Å². The second-order valence-corrected chi connectivity index (χ2v) is 10.1. The van der Waals surface area contributed by atoms with Crippen LogP contribution >= 0.6 is 0 Å². The number of hydrogen-bond donors (Lipinski definition) is 2. The Labute approximate surface area is 203 Å². The minimum Gasteiger partial charge on any atom is -0.478 e. The third kappa shape index (κ3) is 7.44. The van der Waals surface area contributed by atoms with Crippen molar-refractivity contribution >= 4 is 18.1 Å². The molecule has 0 aliphatic carbocycles. The van der Waals surface area contributed by atoms with Gasteiger partial charge in [-0.05, 0) is 70.6 Å². The first-order valence-electron chi connectivity index (χ1n) is 11.8. The normalized spacial score (nSPS) is 12.1. The number of pyridine rings is 1. The van der Waals surface area contributed by atoms with E-state index in [0.717, 1.165) is 45.6 Å². The van der Waals surface area contributed by atoms with E-state index in [1.807, 2.05) is 65.8 Å². The van der Waals surface area contributed by atoms with Crippen LogP contribution in [0.1, 0.15) is 76.0 Å². The predicted molar refractivity (Wildman–Crippen MR) is 137 cm³/mol. The molecule has 0 bridgehead atoms. The highest BCUT2D eigenvalue weighted by atomic mass is 16.6. The number of rotatable bonds is 8. The van der Waals surface area contributed by atoms with E-state index in [-0.39, 0.29) is 6.54 Å². The van der Waals surface area contributed by atoms with Crippen LogP contribution in [-0.2, 0) is 22.5 Å². The first kappa shape index (κ1) is 27.1. The number of aliphatic carboxylic acids is 1. The Balaban J connectivity index is 2.78. The summed E-state index contributed by atoms with van der Waals surface area (Å²) in [6, 6.07) is 8.13. The number of carboxylic acid groups (broad SMARTS) is 1. The zero-order valence-electron chi connectivity index (χ0n) is 21.7. The van der Waals surface area contributed by atoms with Gasteiger partial charge in [0, 0.05) is 34.6 Å². The summed E-state index contributed by atoms with van der Waals surface area (Å²) in [7, 11) is 0. The Morgan fingerprint density at radius 2 is 1.76 bits per heavy atom. The van der Waals surface area contributed by atoms with Gasteiger partial charge in [-0.15, -0.1) is 0 Å². The van der Waals surface area contributed by atoms with Crippen molar-refractivity contribution in [2.24, 2.45) is 5.92 Å². The molecule has 2 aromatic rings. The average Bonchev–Trinajstić information content (AvgIpc) is 2.70. The highest BCUT2D eigenvalue weighted by Gasteiger charge is 2.22. The lowest BCUT2D eigenvalue weighted by Gasteiger charge is -2.23. The van der Waals surface area contributed by atoms with Gasteiger partial charge >= 0.3 is 12.1 Å². The van der Waals surface area contributed by atoms with Gasteiger partial charge in [0.2, 0.25) is 0 Å². The molecule has 6 heteroatoms. The number of nitrogens with zero attached hydrogens (tertiary/aromatic N) is 1. The minimum atomic E-state index is -0.948. The lowest BCUT2D eigenvalue weighted by atomic mass is 9.88. The van der Waals surface area contributed by atoms with Gasteiger partial charge in [0.1, 0.15) is 5.60 Å². The van der Waals surface area contributed by atoms with Crippen molar-refractivity contribution in [3.63, 3.8) is 0 Å². The van der Waals surface area contributed by atoms with Crippen molar-refractivity contribution in [1.82, 2.24) is 10.3 Å². The van der Waals surface area contributed by atoms with Crippen LogP contribution < -0.4 is 5.32 Å². The number of carbonyl (C=O) groups excluding carboxylic acids is 1. The van der Waals surface area contributed by atoms with Gasteiger partial charge < -0.3 is 15.2 Å². The molecule has 0 spiro atoms. The van der Waals surface area contributed by atoms with E-state index in [4.69, 9.17) is 9.72 Å². The summed E-state index contributed by atoms with van der Waals surface area (Å²) in [6.45, 7) is 15.7. The molecule has 1 aromatic heterocycles. The van der Waals surface area contributed by atoms with E-state index < -0.39 is 17.7 Å². The van der Waals surface area contributed by atoms with Crippen LogP contribution in [0.4, 0.5) is 4.79 Å². The molecule has 34 heavy (non-hydrogen) atoms. The minimum absolute atomic E-state index is 0.225. The molecule has 0 atom stereocenters. The Morgan fingerprint density at radius 3 is 2.26 bits per heavy atom. The lowest BCUT2D eigenvalue weighted by Crippen LogP contribution is -2.32. The molecule has 184 valence electrons. The standard InChI is InChI=1S/C28H38N2O4/c1-9-20(26(31)32)15-22-19(5)30-24(14-17(2)3)23(16-29-27(33)34-28(6,7)8)25(22)21-12-10-18(4)11-13-21/h10-13,15,17H,9,14,16H2,1-8H3,(H,29,33)(H,31,32)/b20-15+. The van der Waals surface area contributed by atoms with Crippen LogP contribution in [0.3, 0.4) is 0 Å². The van der Waals surface area contributed by atoms with Crippen molar-refractivity contribution in [3.8, 4) is 11.1 Å². The van der Waals surface area contributed by atoms with Crippen LogP contribution in [0, 0.1) is 19.8 Å². The smallest absolute Gasteiger partial charge is 0.407 e. The number of ether oxygens (including phenoxy) is 1. The Kier molecular flexibility index (Phi) is 9.02. The van der Waals surface area contributed by atoms with Crippen molar-refractivity contribution in [2.45, 2.75) is 80.4 Å². The zero-order chi connectivity index (χ0) is 25.6. The molecule has 0 radical (unpaired) electrons. The number of aromatic nitrogens is 1. The average molecular weight is 467 g/mol. The molecule has 0 saturated carbocycles. The summed E-state index contributed by atoms with van der Waals surface area (Å²) in [5.41, 5.74) is 5.97. The fourth-order valence-corrected chi connectivity index (χ4v) is 3.75. The summed E-state index contributed by atoms with van der Waals surface area (Å²) in [5.74, 6) is -0.596. The molecule has 1 amide bonds. The van der Waals surface area contributed by atoms with E-state index >= 15 is 0 Å². The molecule has 0 fully saturated rings. The Bertz CT molecular complexity index is 1060. The van der Waals surface area contributed by atoms with E-state index in [1.54, 1.807) is 6.08 Å². The van der Waals surface area contributed by atoms with Crippen LogP contribution in [0.25, 0.3) is 17.2 Å². The molecular formula is C28H38N2O4. The van der Waals surface area contributed by atoms with E-state index in [1.165, 1.54) is 0 Å². The van der Waals surface area contributed by atoms with Gasteiger partial charge in [-0.1, -0.05) is 50.6 Å². The summed E-state index contributed by atoms with van der Waals surface area (Å²) in [6.07, 6.45) is 2.33. The van der Waals surface area contributed by atoms with E-state index in [0.29, 0.717) is 17.9 Å². The molecular weight excluding hydrogens is 428 g/mol. The highest BCUT2D eigenvalue weighted by molar-refractivity contribution is 5.94. The maximum Gasteiger partial charge on any atom is 0.407 e. The summed E-state index contributed by atoms with van der Waals surface area (Å²) >= 11 is 0. The molecule has 2 N–H and O–H groups in total. The van der Waals surface area contributed by atoms with E-state index in [2.05, 4.69) is 19.2 Å². The van der Waals surface area contributed by atoms with Crippen LogP contribution in [0.5, 0.6) is 0 Å². The molecule has 2 rings (SSSR count). The fraction of sp³-hybridized carbons (Fsp3) is 0.464. The molecule has 6 nitrogen and oxygen atoms in total. The third-order valence-electron chi connectivity index (χ3n) is 5.34. The lowest BCUT2D eigenvalue weighted by molar-refractivity contribution is -0.132. The van der Waals surface area contributed by atoms with E-state index in [9.17, 15) is 14.7 Å². The molecule has 1 aromatic carbocycles. The third-order valence-corrected chi connectivity index (χ3v) is 5.34. The number of carboxylic acids is 1. The van der Waals surface area contributed by atoms with Gasteiger partial charge in [0.05, 0.1) is 0 Å². The fourth-order valence-electron chi connectivity index (χ4n) is 3.75. The first-order chi connectivity index (χ1) is 15.8. The Morgan fingerprint density at radius 1 is 1.15 bits per heavy atom. The number of carbonyl (C=O) groups is 2. The van der Waals surface area contributed by atoms with Gasteiger partial charge in [-0.25, -0.2) is 9.59 Å². The van der Waals surface area contributed by atoms with Gasteiger partial charge in [-0.3, -0.25) is 4.98 Å². The SMILES string of the molecule is CC/C(=C\c1c(C)nc(CC(C)C)c(CNC(=O)OC(C)(C)C)c1-c1ccc(C)cc1)C(=O)O. The number of aryl methyl sites for hydroxylation is 2. The molecule has 0 aliphatic heterocycles. The number of alkyl carbamates (subject to hydrolysis) is 1. The maximum absolute atomic E-state index is 12.5. The number of hydrogen-bond acceptors (Lipinski definition) is 4. The quantitative estimate of drug-likeness (QED) is 0.436. The van der Waals surface area contributed by atoms with Gasteiger partial charge in [0.25, 0.3) is 0 Å². The molecule has 0 saturated heterocycles. The number of amides is 1. The van der Waals surface area contributed by atoms with Gasteiger partial charge in [-0.2, -0.15) is 0 Å². The zero-order valence-corrected chi connectivity index (χ0v) is 21.7. The number of nitrogens with one attached hydrogen (secondary N) is 1. The topological polar surface area (TPSA) is 88.5 Å². The monoisotopic (exact) mass is 466 g/mol. The Hall–Kier alpha value is -3.15. The second kappa shape index (κ2) is 11.3. The van der Waals surface area contributed by atoms with Crippen molar-refractivity contribution < 1.29 is 19.4 Å². The highest BCUT2D eigenvalue weighted by Crippen LogP contribution is 2.34. The predicted octanol–water partition coefficient (Wildman–Crippen LogP) is 6.47. The maximum atomic E-state index is 12.5. The summed E-state index contributed by atoms with van der Waals surface area (Å²) in [4.78, 5) is 29.2. The van der Waals surface area contributed by atoms with Crippen LogP contribution in [-0.4, -0.2) is 27.8 Å². The largest absolute Gasteiger partial charge is 0.478 e. The molecule has 0 unspecified atom stereocenters. The summed E-state index contributed by atoms with van der Waals surface area (Å²) < 4.78 is 5.45. The van der Waals surface area contributed by atoms with Crippen molar-refractivity contribution in [2.75, 3.05) is 0 Å². The van der Waals surface area contributed by atoms with Crippen LogP contribution in [0.15, 0.2) is 29.8 Å². The first-order valence-corrected chi connectivity index (χ1v) is 11.8. The van der Waals surface area contributed by atoms with Crippen molar-refractivity contribution in [3.05, 3.63) is 57.9 Å². The van der Waals surface area contributed by atoms with Crippen LogP contribution in [0.2, 0.25) is 0 Å². The summed E-state index contributed by atoms with van der Waals surface area (Å²) in [5, 5.41) is 12.6. The van der Waals surface area contributed by atoms with Gasteiger partial charge in [0.15, 0.2) is 0 Å². The number of benzene rings is 1.